The van der Waals surface area contributed by atoms with Gasteiger partial charge in [0.2, 0.25) is 5.89 Å². The van der Waals surface area contributed by atoms with Crippen LogP contribution in [0.5, 0.6) is 0 Å². The van der Waals surface area contributed by atoms with Crippen LogP contribution in [-0.4, -0.2) is 11.5 Å². The quantitative estimate of drug-likeness (QED) is 0.796. The van der Waals surface area contributed by atoms with E-state index in [1.165, 1.54) is 17.5 Å². The van der Waals surface area contributed by atoms with E-state index in [1.807, 2.05) is 0 Å². The molecule has 2 aromatic rings. The van der Waals surface area contributed by atoms with Crippen molar-refractivity contribution in [2.75, 3.05) is 6.54 Å². The number of aryl methyl sites for hydroxylation is 2. The smallest absolute Gasteiger partial charge is 0.212 e. The molecule has 16 heavy (non-hydrogen) atoms. The van der Waals surface area contributed by atoms with Gasteiger partial charge < -0.3 is 9.73 Å². The zero-order valence-corrected chi connectivity index (χ0v) is 9.71. The van der Waals surface area contributed by atoms with Crippen LogP contribution in [0.15, 0.2) is 16.5 Å². The predicted octanol–water partition coefficient (Wildman–Crippen LogP) is 2.87. The normalized spacial score (nSPS) is 20.8. The summed E-state index contributed by atoms with van der Waals surface area (Å²) in [6, 6.07) is 4.54. The first-order chi connectivity index (χ1) is 7.74. The fourth-order valence-electron chi connectivity index (χ4n) is 2.44. The van der Waals surface area contributed by atoms with Crippen molar-refractivity contribution in [3.8, 4) is 0 Å². The summed E-state index contributed by atoms with van der Waals surface area (Å²) in [5.74, 6) is 0.848. The Morgan fingerprint density at radius 3 is 3.00 bits per heavy atom. The second kappa shape index (κ2) is 3.59. The first-order valence-corrected chi connectivity index (χ1v) is 5.85. The maximum Gasteiger partial charge on any atom is 0.212 e. The third kappa shape index (κ3) is 1.52. The van der Waals surface area contributed by atoms with Crippen LogP contribution in [0.25, 0.3) is 11.1 Å². The van der Waals surface area contributed by atoms with Crippen LogP contribution in [0.2, 0.25) is 0 Å². The molecule has 2 heterocycles. The van der Waals surface area contributed by atoms with Crippen LogP contribution in [-0.2, 0) is 0 Å². The van der Waals surface area contributed by atoms with Gasteiger partial charge in [-0.3, -0.25) is 0 Å². The van der Waals surface area contributed by atoms with Crippen molar-refractivity contribution >= 4 is 11.1 Å². The van der Waals surface area contributed by atoms with Crippen molar-refractivity contribution in [3.63, 3.8) is 0 Å². The van der Waals surface area contributed by atoms with Gasteiger partial charge in [-0.1, -0.05) is 6.07 Å². The lowest BCUT2D eigenvalue weighted by molar-refractivity contribution is 0.451. The Labute approximate surface area is 94.9 Å². The highest BCUT2D eigenvalue weighted by Gasteiger charge is 2.22. The molecule has 1 aromatic heterocycles. The molecule has 1 atom stereocenters. The molecule has 1 aliphatic heterocycles. The average Bonchev–Trinajstić information content (AvgIpc) is 2.82. The van der Waals surface area contributed by atoms with E-state index in [-0.39, 0.29) is 0 Å². The number of nitrogens with zero attached hydrogens (tertiary/aromatic N) is 1. The summed E-state index contributed by atoms with van der Waals surface area (Å²) in [6.45, 7) is 5.24. The van der Waals surface area contributed by atoms with Gasteiger partial charge in [0.05, 0.1) is 6.04 Å². The number of hydrogen-bond donors (Lipinski definition) is 1. The number of fused-ring (bicyclic) bond motifs is 1. The van der Waals surface area contributed by atoms with Gasteiger partial charge in [0.1, 0.15) is 5.52 Å². The summed E-state index contributed by atoms with van der Waals surface area (Å²) in [7, 11) is 0. The van der Waals surface area contributed by atoms with E-state index in [4.69, 9.17) is 4.42 Å². The van der Waals surface area contributed by atoms with Gasteiger partial charge in [-0.05, 0) is 50.4 Å². The molecule has 3 nitrogen and oxygen atoms in total. The first kappa shape index (κ1) is 9.85. The van der Waals surface area contributed by atoms with Crippen molar-refractivity contribution in [2.24, 2.45) is 0 Å². The summed E-state index contributed by atoms with van der Waals surface area (Å²) in [6.07, 6.45) is 2.34. The van der Waals surface area contributed by atoms with Gasteiger partial charge in [0, 0.05) is 0 Å². The molecule has 3 heteroatoms. The molecule has 1 aliphatic rings. The van der Waals surface area contributed by atoms with Gasteiger partial charge in [-0.2, -0.15) is 0 Å². The summed E-state index contributed by atoms with van der Waals surface area (Å²) >= 11 is 0. The second-order valence-electron chi connectivity index (χ2n) is 4.63. The zero-order chi connectivity index (χ0) is 11.1. The highest BCUT2D eigenvalue weighted by molar-refractivity contribution is 5.77. The monoisotopic (exact) mass is 216 g/mol. The van der Waals surface area contributed by atoms with Crippen LogP contribution in [0.3, 0.4) is 0 Å². The third-order valence-corrected chi connectivity index (χ3v) is 3.20. The number of aromatic nitrogens is 1. The van der Waals surface area contributed by atoms with E-state index in [9.17, 15) is 0 Å². The van der Waals surface area contributed by atoms with Gasteiger partial charge in [0.25, 0.3) is 0 Å². The minimum absolute atomic E-state index is 0.312. The number of nitrogens with one attached hydrogen (secondary N) is 1. The van der Waals surface area contributed by atoms with E-state index in [2.05, 4.69) is 36.3 Å². The second-order valence-corrected chi connectivity index (χ2v) is 4.63. The van der Waals surface area contributed by atoms with Crippen LogP contribution >= 0.6 is 0 Å². The molecule has 0 aliphatic carbocycles. The molecular weight excluding hydrogens is 200 g/mol. The Bertz CT molecular complexity index is 524. The molecule has 3 rings (SSSR count). The highest BCUT2D eigenvalue weighted by atomic mass is 16.3. The van der Waals surface area contributed by atoms with Crippen LogP contribution < -0.4 is 5.32 Å². The van der Waals surface area contributed by atoms with Crippen LogP contribution in [0.1, 0.15) is 35.9 Å². The van der Waals surface area contributed by atoms with E-state index in [1.54, 1.807) is 0 Å². The van der Waals surface area contributed by atoms with Gasteiger partial charge in [0.15, 0.2) is 5.58 Å². The summed E-state index contributed by atoms with van der Waals surface area (Å²) < 4.78 is 5.86. The molecule has 0 spiro atoms. The Hall–Kier alpha value is -1.35. The third-order valence-electron chi connectivity index (χ3n) is 3.20. The van der Waals surface area contributed by atoms with E-state index in [0.717, 1.165) is 30.0 Å². The molecule has 1 N–H and O–H groups in total. The Morgan fingerprint density at radius 2 is 2.25 bits per heavy atom. The number of oxazole rings is 1. The molecule has 0 amide bonds. The van der Waals surface area contributed by atoms with Gasteiger partial charge in [-0.15, -0.1) is 0 Å². The average molecular weight is 216 g/mol. The molecule has 1 unspecified atom stereocenters. The number of hydrogen-bond acceptors (Lipinski definition) is 3. The molecule has 84 valence electrons. The lowest BCUT2D eigenvalue weighted by Crippen LogP contribution is -2.12. The minimum Gasteiger partial charge on any atom is -0.439 e. The van der Waals surface area contributed by atoms with E-state index >= 15 is 0 Å². The molecule has 1 saturated heterocycles. The molecule has 0 bridgehead atoms. The predicted molar refractivity (Wildman–Crippen MR) is 63.5 cm³/mol. The fraction of sp³-hybridized carbons (Fsp3) is 0.462. The minimum atomic E-state index is 0.312. The van der Waals surface area contributed by atoms with Crippen molar-refractivity contribution in [1.29, 1.82) is 0 Å². The highest BCUT2D eigenvalue weighted by Crippen LogP contribution is 2.28. The zero-order valence-electron chi connectivity index (χ0n) is 9.71. The van der Waals surface area contributed by atoms with Crippen molar-refractivity contribution in [1.82, 2.24) is 10.3 Å². The molecular formula is C13H16N2O. The van der Waals surface area contributed by atoms with Crippen molar-refractivity contribution in [2.45, 2.75) is 32.7 Å². The standard InChI is InChI=1S/C13H16N2O/c1-8-6-9(2)12-11(7-8)15-13(16-12)10-4-3-5-14-10/h6-7,10,14H,3-5H2,1-2H3. The lowest BCUT2D eigenvalue weighted by atomic mass is 10.1. The summed E-state index contributed by atoms with van der Waals surface area (Å²) in [5, 5.41) is 3.41. The van der Waals surface area contributed by atoms with E-state index in [0.29, 0.717) is 6.04 Å². The molecule has 0 radical (unpaired) electrons. The molecule has 1 fully saturated rings. The van der Waals surface area contributed by atoms with Gasteiger partial charge >= 0.3 is 0 Å². The van der Waals surface area contributed by atoms with Gasteiger partial charge in [-0.25, -0.2) is 4.98 Å². The number of rotatable bonds is 1. The molecule has 0 saturated carbocycles. The topological polar surface area (TPSA) is 38.1 Å². The maximum atomic E-state index is 5.86. The number of benzene rings is 1. The Kier molecular flexibility index (Phi) is 2.21. The summed E-state index contributed by atoms with van der Waals surface area (Å²) in [5.41, 5.74) is 4.34. The van der Waals surface area contributed by atoms with Crippen molar-refractivity contribution in [3.05, 3.63) is 29.2 Å². The molecule has 1 aromatic carbocycles. The Balaban J connectivity index is 2.11. The first-order valence-electron chi connectivity index (χ1n) is 5.85. The largest absolute Gasteiger partial charge is 0.439 e. The fourth-order valence-corrected chi connectivity index (χ4v) is 2.44. The SMILES string of the molecule is Cc1cc(C)c2oc(C3CCCN3)nc2c1. The van der Waals surface area contributed by atoms with Crippen LogP contribution in [0, 0.1) is 13.8 Å². The summed E-state index contributed by atoms with van der Waals surface area (Å²) in [4.78, 5) is 4.59. The van der Waals surface area contributed by atoms with E-state index < -0.39 is 0 Å². The van der Waals surface area contributed by atoms with Crippen molar-refractivity contribution < 1.29 is 4.42 Å². The van der Waals surface area contributed by atoms with Crippen LogP contribution in [0.4, 0.5) is 0 Å². The lowest BCUT2D eigenvalue weighted by Gasteiger charge is -2.02. The Morgan fingerprint density at radius 1 is 1.38 bits per heavy atom. The maximum absolute atomic E-state index is 5.86.